The number of benzene rings is 2. The molecule has 0 radical (unpaired) electrons. The van der Waals surface area contributed by atoms with Crippen LogP contribution in [0, 0.1) is 0 Å². The number of para-hydroxylation sites is 2. The zero-order chi connectivity index (χ0) is 16.2. The van der Waals surface area contributed by atoms with Crippen LogP contribution in [0.3, 0.4) is 0 Å². The van der Waals surface area contributed by atoms with Gasteiger partial charge in [-0.15, -0.1) is 0 Å². The van der Waals surface area contributed by atoms with Crippen LogP contribution in [0.5, 0.6) is 5.75 Å². The molecule has 118 valence electrons. The van der Waals surface area contributed by atoms with Gasteiger partial charge >= 0.3 is 6.61 Å². The van der Waals surface area contributed by atoms with Crippen molar-refractivity contribution in [2.45, 2.75) is 13.5 Å². The molecule has 0 aliphatic heterocycles. The Morgan fingerprint density at radius 1 is 1.17 bits per heavy atom. The van der Waals surface area contributed by atoms with Gasteiger partial charge in [0.15, 0.2) is 0 Å². The zero-order valence-corrected chi connectivity index (χ0v) is 12.3. The van der Waals surface area contributed by atoms with E-state index in [0.29, 0.717) is 11.7 Å². The van der Waals surface area contributed by atoms with Crippen LogP contribution in [-0.4, -0.2) is 22.3 Å². The lowest BCUT2D eigenvalue weighted by Crippen LogP contribution is -2.03. The summed E-state index contributed by atoms with van der Waals surface area (Å²) in [6.07, 6.45) is 0. The smallest absolute Gasteiger partial charge is 0.387 e. The first kappa shape index (κ1) is 15.0. The lowest BCUT2D eigenvalue weighted by atomic mass is 10.1. The first-order chi connectivity index (χ1) is 11.1. The molecule has 0 aliphatic carbocycles. The Hall–Kier alpha value is -2.96. The van der Waals surface area contributed by atoms with Crippen LogP contribution >= 0.6 is 0 Å². The number of aromatic nitrogens is 2. The van der Waals surface area contributed by atoms with Gasteiger partial charge in [-0.3, -0.25) is 0 Å². The third kappa shape index (κ3) is 3.63. The Labute approximate surface area is 131 Å². The number of nitrogens with zero attached hydrogens (tertiary/aromatic N) is 2. The standard InChI is InChI=1S/C16H14F2N4O/c1-10(11-6-8-12(9-7-11)23-15(17)18)21-22-16-19-13-4-2-3-5-14(13)20-16/h2-9,15H,1H3,(H2,19,20,22). The molecule has 1 aromatic heterocycles. The second-order valence-corrected chi connectivity index (χ2v) is 4.81. The van der Waals surface area contributed by atoms with E-state index in [1.807, 2.05) is 24.3 Å². The largest absolute Gasteiger partial charge is 0.435 e. The van der Waals surface area contributed by atoms with Gasteiger partial charge in [-0.05, 0) is 48.9 Å². The molecule has 0 unspecified atom stereocenters. The molecule has 7 heteroatoms. The molecular formula is C16H14F2N4O. The molecule has 0 bridgehead atoms. The average molecular weight is 316 g/mol. The van der Waals surface area contributed by atoms with Crippen molar-refractivity contribution < 1.29 is 13.5 Å². The quantitative estimate of drug-likeness (QED) is 0.552. The van der Waals surface area contributed by atoms with Gasteiger partial charge in [-0.25, -0.2) is 10.4 Å². The minimum absolute atomic E-state index is 0.113. The summed E-state index contributed by atoms with van der Waals surface area (Å²) in [4.78, 5) is 7.45. The van der Waals surface area contributed by atoms with Crippen molar-refractivity contribution in [2.24, 2.45) is 5.10 Å². The second-order valence-electron chi connectivity index (χ2n) is 4.81. The summed E-state index contributed by atoms with van der Waals surface area (Å²) in [6.45, 7) is -1.02. The van der Waals surface area contributed by atoms with Crippen LogP contribution in [0.1, 0.15) is 12.5 Å². The summed E-state index contributed by atoms with van der Waals surface area (Å²) in [5, 5.41) is 4.23. The van der Waals surface area contributed by atoms with Crippen molar-refractivity contribution in [3.63, 3.8) is 0 Å². The Morgan fingerprint density at radius 2 is 1.91 bits per heavy atom. The molecule has 23 heavy (non-hydrogen) atoms. The molecule has 0 aliphatic rings. The summed E-state index contributed by atoms with van der Waals surface area (Å²) >= 11 is 0. The topological polar surface area (TPSA) is 62.3 Å². The van der Waals surface area contributed by atoms with E-state index in [1.54, 1.807) is 19.1 Å². The van der Waals surface area contributed by atoms with Crippen LogP contribution in [0.15, 0.2) is 53.6 Å². The van der Waals surface area contributed by atoms with E-state index in [0.717, 1.165) is 16.6 Å². The van der Waals surface area contributed by atoms with E-state index >= 15 is 0 Å². The first-order valence-electron chi connectivity index (χ1n) is 6.92. The lowest BCUT2D eigenvalue weighted by molar-refractivity contribution is -0.0498. The Bertz CT molecular complexity index is 794. The molecule has 3 aromatic rings. The number of hydrogen-bond donors (Lipinski definition) is 2. The third-order valence-electron chi connectivity index (χ3n) is 3.22. The van der Waals surface area contributed by atoms with Crippen molar-refractivity contribution in [3.05, 3.63) is 54.1 Å². The number of imidazole rings is 1. The van der Waals surface area contributed by atoms with E-state index in [9.17, 15) is 8.78 Å². The molecule has 1 heterocycles. The van der Waals surface area contributed by atoms with Crippen molar-refractivity contribution in [1.29, 1.82) is 0 Å². The fourth-order valence-electron chi connectivity index (χ4n) is 2.08. The summed E-state index contributed by atoms with van der Waals surface area (Å²) in [5.41, 5.74) is 6.08. The van der Waals surface area contributed by atoms with Crippen LogP contribution in [0.2, 0.25) is 0 Å². The highest BCUT2D eigenvalue weighted by atomic mass is 19.3. The first-order valence-corrected chi connectivity index (χ1v) is 6.92. The maximum absolute atomic E-state index is 12.1. The number of hydrogen-bond acceptors (Lipinski definition) is 4. The number of alkyl halides is 2. The Morgan fingerprint density at radius 3 is 2.61 bits per heavy atom. The second kappa shape index (κ2) is 6.43. The van der Waals surface area contributed by atoms with Gasteiger partial charge < -0.3 is 9.72 Å². The highest BCUT2D eigenvalue weighted by Gasteiger charge is 2.05. The molecule has 0 fully saturated rings. The predicted molar refractivity (Wildman–Crippen MR) is 85.0 cm³/mol. The maximum atomic E-state index is 12.1. The SMILES string of the molecule is CC(=NNc1nc2ccccc2[nH]1)c1ccc(OC(F)F)cc1. The fraction of sp³-hybridized carbons (Fsp3) is 0.125. The number of ether oxygens (including phenoxy) is 1. The number of nitrogens with one attached hydrogen (secondary N) is 2. The number of H-pyrrole nitrogens is 1. The summed E-state index contributed by atoms with van der Waals surface area (Å²) in [5.74, 6) is 0.644. The number of anilines is 1. The van der Waals surface area contributed by atoms with Gasteiger partial charge in [0.2, 0.25) is 5.95 Å². The fourth-order valence-corrected chi connectivity index (χ4v) is 2.08. The maximum Gasteiger partial charge on any atom is 0.387 e. The van der Waals surface area contributed by atoms with Crippen molar-refractivity contribution in [3.8, 4) is 5.75 Å². The summed E-state index contributed by atoms with van der Waals surface area (Å²) in [6, 6.07) is 13.9. The number of fused-ring (bicyclic) bond motifs is 1. The lowest BCUT2D eigenvalue weighted by Gasteiger charge is -2.05. The molecule has 0 saturated carbocycles. The van der Waals surface area contributed by atoms with Gasteiger partial charge in [-0.1, -0.05) is 12.1 Å². The molecule has 5 nitrogen and oxygen atoms in total. The van der Waals surface area contributed by atoms with E-state index in [-0.39, 0.29) is 5.75 Å². The molecule has 0 amide bonds. The molecule has 0 saturated heterocycles. The van der Waals surface area contributed by atoms with Gasteiger partial charge in [0, 0.05) is 0 Å². The Balaban J connectivity index is 1.71. The number of rotatable bonds is 5. The van der Waals surface area contributed by atoms with Gasteiger partial charge in [0.05, 0.1) is 16.7 Å². The monoisotopic (exact) mass is 316 g/mol. The van der Waals surface area contributed by atoms with Crippen LogP contribution in [-0.2, 0) is 0 Å². The molecule has 3 rings (SSSR count). The average Bonchev–Trinajstić information content (AvgIpc) is 2.95. The van der Waals surface area contributed by atoms with E-state index in [4.69, 9.17) is 0 Å². The molecular weight excluding hydrogens is 302 g/mol. The Kier molecular flexibility index (Phi) is 4.18. The number of hydrazone groups is 1. The molecule has 0 atom stereocenters. The van der Waals surface area contributed by atoms with Crippen LogP contribution in [0.4, 0.5) is 14.7 Å². The summed E-state index contributed by atoms with van der Waals surface area (Å²) < 4.78 is 28.5. The van der Waals surface area contributed by atoms with Crippen LogP contribution in [0.25, 0.3) is 11.0 Å². The van der Waals surface area contributed by atoms with E-state index < -0.39 is 6.61 Å². The summed E-state index contributed by atoms with van der Waals surface area (Å²) in [7, 11) is 0. The van der Waals surface area contributed by atoms with Crippen molar-refractivity contribution in [2.75, 3.05) is 5.43 Å². The minimum atomic E-state index is -2.83. The van der Waals surface area contributed by atoms with E-state index in [2.05, 4.69) is 25.2 Å². The highest BCUT2D eigenvalue weighted by molar-refractivity contribution is 5.99. The predicted octanol–water partition coefficient (Wildman–Crippen LogP) is 4.00. The molecule has 0 spiro atoms. The normalized spacial score (nSPS) is 11.9. The number of halogens is 2. The van der Waals surface area contributed by atoms with Gasteiger partial charge in [-0.2, -0.15) is 13.9 Å². The van der Waals surface area contributed by atoms with Crippen molar-refractivity contribution >= 4 is 22.7 Å². The molecule has 2 aromatic carbocycles. The highest BCUT2D eigenvalue weighted by Crippen LogP contribution is 2.16. The van der Waals surface area contributed by atoms with Gasteiger partial charge in [0.1, 0.15) is 5.75 Å². The third-order valence-corrected chi connectivity index (χ3v) is 3.22. The number of aromatic amines is 1. The van der Waals surface area contributed by atoms with E-state index in [1.165, 1.54) is 12.1 Å². The van der Waals surface area contributed by atoms with Crippen molar-refractivity contribution in [1.82, 2.24) is 9.97 Å². The minimum Gasteiger partial charge on any atom is -0.435 e. The van der Waals surface area contributed by atoms with Gasteiger partial charge in [0.25, 0.3) is 0 Å². The zero-order valence-electron chi connectivity index (χ0n) is 12.3. The molecule has 2 N–H and O–H groups in total. The van der Waals surface area contributed by atoms with Crippen LogP contribution < -0.4 is 10.2 Å².